The van der Waals surface area contributed by atoms with Crippen molar-refractivity contribution in [3.8, 4) is 0 Å². The Morgan fingerprint density at radius 3 is 2.47 bits per heavy atom. The number of piperazine rings is 1. The number of hydrogen-bond donors (Lipinski definition) is 1. The molecule has 17 heavy (non-hydrogen) atoms. The van der Waals surface area contributed by atoms with Crippen LogP contribution in [0.25, 0.3) is 0 Å². The minimum Gasteiger partial charge on any atom is -0.480 e. The van der Waals surface area contributed by atoms with E-state index in [9.17, 15) is 13.2 Å². The lowest BCUT2D eigenvalue weighted by Crippen LogP contribution is -2.55. The molecule has 0 amide bonds. The molecule has 1 saturated heterocycles. The Kier molecular flexibility index (Phi) is 4.51. The maximum Gasteiger partial charge on any atom is 0.323 e. The minimum atomic E-state index is -3.72. The second-order valence-electron chi connectivity index (χ2n) is 4.36. The number of carboxylic acid groups (broad SMARTS) is 1. The van der Waals surface area contributed by atoms with Gasteiger partial charge in [0, 0.05) is 25.7 Å². The van der Waals surface area contributed by atoms with E-state index < -0.39 is 21.2 Å². The first-order valence-electron chi connectivity index (χ1n) is 5.76. The monoisotopic (exact) mass is 264 g/mol. The molecule has 0 aliphatic carbocycles. The van der Waals surface area contributed by atoms with Crippen molar-refractivity contribution in [3.05, 3.63) is 0 Å². The highest BCUT2D eigenvalue weighted by Crippen LogP contribution is 2.16. The first kappa shape index (κ1) is 14.4. The summed E-state index contributed by atoms with van der Waals surface area (Å²) in [4.78, 5) is 13.0. The molecule has 1 aliphatic heterocycles. The summed E-state index contributed by atoms with van der Waals surface area (Å²) < 4.78 is 25.3. The fraction of sp³-hybridized carbons (Fsp3) is 0.900. The van der Waals surface area contributed by atoms with E-state index in [0.29, 0.717) is 19.6 Å². The van der Waals surface area contributed by atoms with Crippen LogP contribution in [0.5, 0.6) is 0 Å². The second kappa shape index (κ2) is 5.32. The summed E-state index contributed by atoms with van der Waals surface area (Å²) in [6.07, 6.45) is 0. The van der Waals surface area contributed by atoms with Crippen LogP contribution in [-0.4, -0.2) is 66.2 Å². The summed E-state index contributed by atoms with van der Waals surface area (Å²) in [5.41, 5.74) is 0. The van der Waals surface area contributed by atoms with Crippen LogP contribution in [-0.2, 0) is 14.8 Å². The van der Waals surface area contributed by atoms with Gasteiger partial charge in [-0.25, -0.2) is 8.42 Å². The van der Waals surface area contributed by atoms with E-state index in [0.717, 1.165) is 6.54 Å². The molecule has 2 atom stereocenters. The lowest BCUT2D eigenvalue weighted by Gasteiger charge is -2.39. The number of nitrogens with zero attached hydrogens (tertiary/aromatic N) is 2. The summed E-state index contributed by atoms with van der Waals surface area (Å²) in [5, 5.41) is 7.42. The van der Waals surface area contributed by atoms with Gasteiger partial charge < -0.3 is 5.11 Å². The SMILES string of the molecule is CCN1CCN(S(=O)(=O)C(C)C(=O)O)CC1C. The summed E-state index contributed by atoms with van der Waals surface area (Å²) in [7, 11) is -3.72. The lowest BCUT2D eigenvalue weighted by atomic mass is 10.2. The Morgan fingerprint density at radius 1 is 1.47 bits per heavy atom. The molecule has 1 aliphatic rings. The first-order chi connectivity index (χ1) is 7.80. The fourth-order valence-electron chi connectivity index (χ4n) is 2.01. The highest BCUT2D eigenvalue weighted by molar-refractivity contribution is 7.90. The molecule has 1 N–H and O–H groups in total. The number of aliphatic carboxylic acids is 1. The van der Waals surface area contributed by atoms with Gasteiger partial charge >= 0.3 is 5.97 Å². The van der Waals surface area contributed by atoms with Crippen LogP contribution in [0.3, 0.4) is 0 Å². The third-order valence-corrected chi connectivity index (χ3v) is 5.44. The van der Waals surface area contributed by atoms with Crippen molar-refractivity contribution in [3.63, 3.8) is 0 Å². The normalized spacial score (nSPS) is 25.7. The molecular weight excluding hydrogens is 244 g/mol. The van der Waals surface area contributed by atoms with Crippen molar-refractivity contribution in [1.29, 1.82) is 0 Å². The van der Waals surface area contributed by atoms with Crippen molar-refractivity contribution in [2.75, 3.05) is 26.2 Å². The van der Waals surface area contributed by atoms with Crippen molar-refractivity contribution >= 4 is 16.0 Å². The van der Waals surface area contributed by atoms with Crippen LogP contribution in [0, 0.1) is 0 Å². The van der Waals surface area contributed by atoms with Crippen molar-refractivity contribution in [1.82, 2.24) is 9.21 Å². The third-order valence-electron chi connectivity index (χ3n) is 3.29. The number of sulfonamides is 1. The van der Waals surface area contributed by atoms with Crippen molar-refractivity contribution < 1.29 is 18.3 Å². The Labute approximate surface area is 102 Å². The topological polar surface area (TPSA) is 77.9 Å². The van der Waals surface area contributed by atoms with Gasteiger partial charge in [-0.1, -0.05) is 6.92 Å². The smallest absolute Gasteiger partial charge is 0.323 e. The number of rotatable bonds is 4. The third kappa shape index (κ3) is 2.97. The van der Waals surface area contributed by atoms with E-state index in [4.69, 9.17) is 5.11 Å². The molecule has 1 heterocycles. The van der Waals surface area contributed by atoms with Gasteiger partial charge in [-0.2, -0.15) is 4.31 Å². The van der Waals surface area contributed by atoms with Crippen LogP contribution >= 0.6 is 0 Å². The maximum absolute atomic E-state index is 12.0. The molecule has 0 aromatic carbocycles. The average Bonchev–Trinajstić information content (AvgIpc) is 2.27. The van der Waals surface area contributed by atoms with Crippen LogP contribution < -0.4 is 0 Å². The number of carbonyl (C=O) groups is 1. The number of carboxylic acids is 1. The zero-order valence-corrected chi connectivity index (χ0v) is 11.3. The predicted molar refractivity (Wildman–Crippen MR) is 64.3 cm³/mol. The molecule has 1 fully saturated rings. The highest BCUT2D eigenvalue weighted by atomic mass is 32.2. The van der Waals surface area contributed by atoms with E-state index in [1.54, 1.807) is 0 Å². The first-order valence-corrected chi connectivity index (χ1v) is 7.26. The number of hydrogen-bond acceptors (Lipinski definition) is 4. The Balaban J connectivity index is 2.79. The van der Waals surface area contributed by atoms with Crippen LogP contribution in [0.4, 0.5) is 0 Å². The zero-order chi connectivity index (χ0) is 13.2. The highest BCUT2D eigenvalue weighted by Gasteiger charge is 2.37. The maximum atomic E-state index is 12.0. The summed E-state index contributed by atoms with van der Waals surface area (Å²) in [6, 6.07) is 0.129. The van der Waals surface area contributed by atoms with E-state index in [1.165, 1.54) is 11.2 Å². The number of likely N-dealkylation sites (N-methyl/N-ethyl adjacent to an activating group) is 1. The fourth-order valence-corrected chi connectivity index (χ4v) is 3.48. The summed E-state index contributed by atoms with van der Waals surface area (Å²) in [6.45, 7) is 7.48. The van der Waals surface area contributed by atoms with Gasteiger partial charge in [0.2, 0.25) is 10.0 Å². The van der Waals surface area contributed by atoms with Gasteiger partial charge in [-0.05, 0) is 20.4 Å². The molecule has 0 aromatic rings. The van der Waals surface area contributed by atoms with Crippen molar-refractivity contribution in [2.24, 2.45) is 0 Å². The Hall–Kier alpha value is -0.660. The standard InChI is InChI=1S/C10H20N2O4S/c1-4-11-5-6-12(7-8(11)2)17(15,16)9(3)10(13)14/h8-9H,4-7H2,1-3H3,(H,13,14). The quantitative estimate of drug-likeness (QED) is 0.762. The molecule has 100 valence electrons. The van der Waals surface area contributed by atoms with Gasteiger partial charge in [0.05, 0.1) is 0 Å². The lowest BCUT2D eigenvalue weighted by molar-refractivity contribution is -0.136. The predicted octanol–water partition coefficient (Wildman–Crippen LogP) is -0.185. The molecule has 7 heteroatoms. The molecule has 1 rings (SSSR count). The van der Waals surface area contributed by atoms with Crippen LogP contribution in [0.15, 0.2) is 0 Å². The van der Waals surface area contributed by atoms with E-state index in [1.807, 2.05) is 13.8 Å². The molecule has 0 spiro atoms. The largest absolute Gasteiger partial charge is 0.480 e. The second-order valence-corrected chi connectivity index (χ2v) is 6.61. The Bertz CT molecular complexity index is 382. The van der Waals surface area contributed by atoms with E-state index in [-0.39, 0.29) is 6.04 Å². The molecule has 2 unspecified atom stereocenters. The summed E-state index contributed by atoms with van der Waals surface area (Å²) in [5.74, 6) is -1.30. The zero-order valence-electron chi connectivity index (χ0n) is 10.5. The van der Waals surface area contributed by atoms with Gasteiger partial charge in [-0.3, -0.25) is 9.69 Å². The average molecular weight is 264 g/mol. The van der Waals surface area contributed by atoms with Crippen LogP contribution in [0.2, 0.25) is 0 Å². The van der Waals surface area contributed by atoms with Gasteiger partial charge in [0.15, 0.2) is 5.25 Å². The molecule has 0 saturated carbocycles. The van der Waals surface area contributed by atoms with E-state index >= 15 is 0 Å². The minimum absolute atomic E-state index is 0.129. The van der Waals surface area contributed by atoms with Gasteiger partial charge in [-0.15, -0.1) is 0 Å². The van der Waals surface area contributed by atoms with Gasteiger partial charge in [0.25, 0.3) is 0 Å². The molecular formula is C10H20N2O4S. The molecule has 0 radical (unpaired) electrons. The molecule has 0 bridgehead atoms. The van der Waals surface area contributed by atoms with Gasteiger partial charge in [0.1, 0.15) is 0 Å². The molecule has 0 aromatic heterocycles. The molecule has 6 nitrogen and oxygen atoms in total. The van der Waals surface area contributed by atoms with E-state index in [2.05, 4.69) is 4.90 Å². The van der Waals surface area contributed by atoms with Crippen LogP contribution in [0.1, 0.15) is 20.8 Å². The van der Waals surface area contributed by atoms with Crippen molar-refractivity contribution in [2.45, 2.75) is 32.1 Å². The summed E-state index contributed by atoms with van der Waals surface area (Å²) >= 11 is 0. The Morgan fingerprint density at radius 2 is 2.06 bits per heavy atom.